The molecule has 5 nitrogen and oxygen atoms in total. The summed E-state index contributed by atoms with van der Waals surface area (Å²) >= 11 is 0. The second kappa shape index (κ2) is 6.34. The Morgan fingerprint density at radius 3 is 2.93 bits per heavy atom. The van der Waals surface area contributed by atoms with Gasteiger partial charge in [0, 0.05) is 25.3 Å². The van der Waals surface area contributed by atoms with E-state index < -0.39 is 0 Å². The summed E-state index contributed by atoms with van der Waals surface area (Å²) in [5.41, 5.74) is 4.41. The maximum absolute atomic E-state index is 13.3. The molecular formula is C22H25N3O2. The molecule has 0 bridgehead atoms. The molecule has 1 aliphatic carbocycles. The lowest BCUT2D eigenvalue weighted by atomic mass is 10.1. The predicted octanol–water partition coefficient (Wildman–Crippen LogP) is 2.07. The highest BCUT2D eigenvalue weighted by atomic mass is 16.2. The Labute approximate surface area is 159 Å². The molecule has 0 unspecified atom stereocenters. The number of fused-ring (bicyclic) bond motifs is 2. The van der Waals surface area contributed by atoms with Gasteiger partial charge in [0.1, 0.15) is 5.56 Å². The molecule has 5 rings (SSSR count). The highest BCUT2D eigenvalue weighted by Crippen LogP contribution is 2.28. The van der Waals surface area contributed by atoms with Gasteiger partial charge in [-0.1, -0.05) is 12.1 Å². The maximum Gasteiger partial charge on any atom is 0.268 e. The van der Waals surface area contributed by atoms with E-state index in [1.807, 2.05) is 36.2 Å². The number of benzene rings is 1. The average molecular weight is 363 g/mol. The lowest BCUT2D eigenvalue weighted by Gasteiger charge is -2.19. The lowest BCUT2D eigenvalue weighted by Crippen LogP contribution is -2.38. The predicted molar refractivity (Wildman–Crippen MR) is 105 cm³/mol. The Hall–Kier alpha value is -2.40. The maximum atomic E-state index is 13.3. The van der Waals surface area contributed by atoms with E-state index in [-0.39, 0.29) is 11.5 Å². The molecule has 1 N–H and O–H groups in total. The normalized spacial score (nSPS) is 23.5. The summed E-state index contributed by atoms with van der Waals surface area (Å²) < 4.78 is 1.68. The Morgan fingerprint density at radius 2 is 2.07 bits per heavy atom. The van der Waals surface area contributed by atoms with Gasteiger partial charge in [0.25, 0.3) is 11.5 Å². The van der Waals surface area contributed by atoms with Gasteiger partial charge in [-0.2, -0.15) is 0 Å². The van der Waals surface area contributed by atoms with E-state index in [0.29, 0.717) is 24.1 Å². The molecule has 2 fully saturated rings. The molecule has 1 aromatic carbocycles. The molecule has 1 aromatic heterocycles. The number of rotatable bonds is 2. The molecule has 2 aliphatic heterocycles. The van der Waals surface area contributed by atoms with Gasteiger partial charge in [-0.05, 0) is 73.9 Å². The van der Waals surface area contributed by atoms with Crippen molar-refractivity contribution in [3.05, 3.63) is 63.1 Å². The summed E-state index contributed by atoms with van der Waals surface area (Å²) in [5, 5.41) is 3.47. The molecule has 2 aromatic rings. The van der Waals surface area contributed by atoms with Gasteiger partial charge < -0.3 is 10.2 Å². The Balaban J connectivity index is 1.55. The zero-order valence-electron chi connectivity index (χ0n) is 15.7. The van der Waals surface area contributed by atoms with E-state index in [4.69, 9.17) is 0 Å². The highest BCUT2D eigenvalue weighted by Gasteiger charge is 2.39. The van der Waals surface area contributed by atoms with Crippen LogP contribution in [0.25, 0.3) is 5.69 Å². The van der Waals surface area contributed by atoms with Crippen molar-refractivity contribution in [2.75, 3.05) is 19.6 Å². The quantitative estimate of drug-likeness (QED) is 0.889. The van der Waals surface area contributed by atoms with Crippen LogP contribution in [-0.2, 0) is 12.8 Å². The zero-order chi connectivity index (χ0) is 18.5. The van der Waals surface area contributed by atoms with Crippen LogP contribution in [0.4, 0.5) is 0 Å². The van der Waals surface area contributed by atoms with Gasteiger partial charge in [-0.15, -0.1) is 0 Å². The van der Waals surface area contributed by atoms with Gasteiger partial charge in [0.05, 0.1) is 5.69 Å². The van der Waals surface area contributed by atoms with Crippen molar-refractivity contribution in [3.63, 3.8) is 0 Å². The first kappa shape index (κ1) is 16.8. The van der Waals surface area contributed by atoms with Crippen LogP contribution in [0.2, 0.25) is 0 Å². The fraction of sp³-hybridized carbons (Fsp3) is 0.455. The SMILES string of the molecule is Cc1ccn(-c2cccc3c2CCC3)c(=O)c1C(=O)N1C[C@@H]2CCN[C@@H]2C1. The smallest absolute Gasteiger partial charge is 0.268 e. The summed E-state index contributed by atoms with van der Waals surface area (Å²) in [6, 6.07) is 8.45. The topological polar surface area (TPSA) is 54.3 Å². The number of aryl methyl sites for hydroxylation is 2. The number of hydrogen-bond acceptors (Lipinski definition) is 3. The van der Waals surface area contributed by atoms with Crippen LogP contribution in [-0.4, -0.2) is 41.1 Å². The Morgan fingerprint density at radius 1 is 1.19 bits per heavy atom. The van der Waals surface area contributed by atoms with E-state index in [1.54, 1.807) is 4.57 Å². The molecule has 2 saturated heterocycles. The van der Waals surface area contributed by atoms with Gasteiger partial charge in [-0.25, -0.2) is 0 Å². The van der Waals surface area contributed by atoms with Gasteiger partial charge in [0.15, 0.2) is 0 Å². The van der Waals surface area contributed by atoms with E-state index in [2.05, 4.69) is 11.4 Å². The summed E-state index contributed by atoms with van der Waals surface area (Å²) in [6.45, 7) is 4.36. The summed E-state index contributed by atoms with van der Waals surface area (Å²) in [5.74, 6) is 0.410. The first-order valence-corrected chi connectivity index (χ1v) is 9.99. The van der Waals surface area contributed by atoms with Crippen molar-refractivity contribution in [1.29, 1.82) is 0 Å². The minimum Gasteiger partial charge on any atom is -0.337 e. The van der Waals surface area contributed by atoms with Crippen molar-refractivity contribution < 1.29 is 4.79 Å². The Bertz CT molecular complexity index is 966. The van der Waals surface area contributed by atoms with Gasteiger partial charge >= 0.3 is 0 Å². The van der Waals surface area contributed by atoms with E-state index >= 15 is 0 Å². The summed E-state index contributed by atoms with van der Waals surface area (Å²) in [6.07, 6.45) is 6.13. The van der Waals surface area contributed by atoms with Crippen molar-refractivity contribution >= 4 is 5.91 Å². The van der Waals surface area contributed by atoms with E-state index in [0.717, 1.165) is 50.0 Å². The molecule has 0 radical (unpaired) electrons. The molecule has 2 atom stereocenters. The lowest BCUT2D eigenvalue weighted by molar-refractivity contribution is 0.0779. The number of nitrogens with one attached hydrogen (secondary N) is 1. The van der Waals surface area contributed by atoms with E-state index in [1.165, 1.54) is 11.1 Å². The zero-order valence-corrected chi connectivity index (χ0v) is 15.7. The van der Waals surface area contributed by atoms with Crippen LogP contribution >= 0.6 is 0 Å². The van der Waals surface area contributed by atoms with Crippen LogP contribution in [0.3, 0.4) is 0 Å². The molecule has 0 saturated carbocycles. The average Bonchev–Trinajstić information content (AvgIpc) is 3.37. The van der Waals surface area contributed by atoms with Crippen LogP contribution in [0.5, 0.6) is 0 Å². The molecule has 3 aliphatic rings. The highest BCUT2D eigenvalue weighted by molar-refractivity contribution is 5.95. The van der Waals surface area contributed by atoms with Crippen molar-refractivity contribution in [3.8, 4) is 5.69 Å². The largest absolute Gasteiger partial charge is 0.337 e. The second-order valence-corrected chi connectivity index (χ2v) is 8.14. The summed E-state index contributed by atoms with van der Waals surface area (Å²) in [7, 11) is 0. The standard InChI is InChI=1S/C22H25N3O2/c1-14-9-11-25(19-7-3-5-15-4-2-6-17(15)19)22(27)20(14)21(26)24-12-16-8-10-23-18(16)13-24/h3,5,7,9,11,16,18,23H,2,4,6,8,10,12-13H2,1H3/t16-,18+/m0/s1. The fourth-order valence-corrected chi connectivity index (χ4v) is 5.07. The monoisotopic (exact) mass is 363 g/mol. The summed E-state index contributed by atoms with van der Waals surface area (Å²) in [4.78, 5) is 28.4. The second-order valence-electron chi connectivity index (χ2n) is 8.14. The molecule has 0 spiro atoms. The number of aromatic nitrogens is 1. The fourth-order valence-electron chi connectivity index (χ4n) is 5.07. The number of hydrogen-bond donors (Lipinski definition) is 1. The van der Waals surface area contributed by atoms with Crippen molar-refractivity contribution in [2.24, 2.45) is 5.92 Å². The van der Waals surface area contributed by atoms with Crippen LogP contribution in [0, 0.1) is 12.8 Å². The van der Waals surface area contributed by atoms with Crippen LogP contribution in [0.1, 0.15) is 39.9 Å². The first-order chi connectivity index (χ1) is 13.1. The number of carbonyl (C=O) groups is 1. The van der Waals surface area contributed by atoms with Gasteiger partial charge in [-0.3, -0.25) is 14.2 Å². The number of amides is 1. The number of likely N-dealkylation sites (tertiary alicyclic amines) is 1. The van der Waals surface area contributed by atoms with Crippen LogP contribution < -0.4 is 10.9 Å². The molecule has 5 heteroatoms. The van der Waals surface area contributed by atoms with Crippen LogP contribution in [0.15, 0.2) is 35.3 Å². The van der Waals surface area contributed by atoms with Gasteiger partial charge in [0.2, 0.25) is 0 Å². The van der Waals surface area contributed by atoms with Crippen molar-refractivity contribution in [2.45, 2.75) is 38.6 Å². The number of nitrogens with zero attached hydrogens (tertiary/aromatic N) is 2. The minimum absolute atomic E-state index is 0.115. The number of carbonyl (C=O) groups excluding carboxylic acids is 1. The molecule has 27 heavy (non-hydrogen) atoms. The van der Waals surface area contributed by atoms with E-state index in [9.17, 15) is 9.59 Å². The molecule has 1 amide bonds. The third-order valence-corrected chi connectivity index (χ3v) is 6.55. The van der Waals surface area contributed by atoms with Crippen molar-refractivity contribution in [1.82, 2.24) is 14.8 Å². The number of pyridine rings is 1. The third-order valence-electron chi connectivity index (χ3n) is 6.55. The molecule has 140 valence electrons. The molecular weight excluding hydrogens is 338 g/mol. The third kappa shape index (κ3) is 2.64. The Kier molecular flexibility index (Phi) is 3.93. The molecule has 3 heterocycles. The minimum atomic E-state index is -0.190. The first-order valence-electron chi connectivity index (χ1n) is 9.99.